The highest BCUT2D eigenvalue weighted by molar-refractivity contribution is 5.62. The monoisotopic (exact) mass is 167 g/mol. The maximum atomic E-state index is 5.67. The predicted octanol–water partition coefficient (Wildman–Crippen LogP) is 1.59. The highest BCUT2D eigenvalue weighted by atomic mass is 16.5. The van der Waals surface area contributed by atoms with Crippen molar-refractivity contribution in [3.63, 3.8) is 0 Å². The number of aryl methyl sites for hydroxylation is 1. The van der Waals surface area contributed by atoms with Crippen molar-refractivity contribution >= 4 is 5.69 Å². The largest absolute Gasteiger partial charge is 0.493 e. The highest BCUT2D eigenvalue weighted by Crippen LogP contribution is 2.35. The number of anilines is 1. The summed E-state index contributed by atoms with van der Waals surface area (Å²) in [5.41, 5.74) is 7.29. The van der Waals surface area contributed by atoms with Gasteiger partial charge in [-0.05, 0) is 18.6 Å². The van der Waals surface area contributed by atoms with Gasteiger partial charge >= 0.3 is 0 Å². The Kier molecular flexibility index (Phi) is 2.43. The molecule has 1 aromatic rings. The number of nitrogens with two attached hydrogens (primary N) is 1. The summed E-state index contributed by atoms with van der Waals surface area (Å²) < 4.78 is 10.2. The van der Waals surface area contributed by atoms with Crippen LogP contribution in [0.15, 0.2) is 12.1 Å². The molecule has 3 heteroatoms. The SMILES string of the molecule is COc1c(C)ccc(N)c1OC. The average Bonchev–Trinajstić information content (AvgIpc) is 2.08. The lowest BCUT2D eigenvalue weighted by atomic mass is 10.2. The molecule has 1 aromatic carbocycles. The van der Waals surface area contributed by atoms with Gasteiger partial charge in [0.25, 0.3) is 0 Å². The quantitative estimate of drug-likeness (QED) is 0.680. The second-order valence-corrected chi connectivity index (χ2v) is 2.54. The minimum atomic E-state index is 0.597. The van der Waals surface area contributed by atoms with Crippen LogP contribution in [-0.4, -0.2) is 14.2 Å². The van der Waals surface area contributed by atoms with Gasteiger partial charge in [0.15, 0.2) is 11.5 Å². The maximum absolute atomic E-state index is 5.67. The van der Waals surface area contributed by atoms with E-state index < -0.39 is 0 Å². The molecule has 3 nitrogen and oxygen atoms in total. The van der Waals surface area contributed by atoms with E-state index in [9.17, 15) is 0 Å². The van der Waals surface area contributed by atoms with Crippen LogP contribution in [0.5, 0.6) is 11.5 Å². The summed E-state index contributed by atoms with van der Waals surface area (Å²) in [5.74, 6) is 1.31. The molecule has 0 saturated heterocycles. The number of ether oxygens (including phenoxy) is 2. The van der Waals surface area contributed by atoms with Crippen LogP contribution in [0, 0.1) is 6.92 Å². The van der Waals surface area contributed by atoms with E-state index in [-0.39, 0.29) is 0 Å². The van der Waals surface area contributed by atoms with Crippen molar-refractivity contribution in [3.8, 4) is 11.5 Å². The van der Waals surface area contributed by atoms with Gasteiger partial charge in [0.2, 0.25) is 0 Å². The Morgan fingerprint density at radius 1 is 1.08 bits per heavy atom. The first-order valence-electron chi connectivity index (χ1n) is 3.67. The number of benzene rings is 1. The van der Waals surface area contributed by atoms with Crippen LogP contribution in [-0.2, 0) is 0 Å². The van der Waals surface area contributed by atoms with Gasteiger partial charge in [-0.1, -0.05) is 6.07 Å². The first-order chi connectivity index (χ1) is 5.70. The van der Waals surface area contributed by atoms with Gasteiger partial charge in [0, 0.05) is 0 Å². The lowest BCUT2D eigenvalue weighted by Gasteiger charge is -2.11. The molecule has 66 valence electrons. The Morgan fingerprint density at radius 2 is 1.67 bits per heavy atom. The van der Waals surface area contributed by atoms with Gasteiger partial charge in [-0.25, -0.2) is 0 Å². The fraction of sp³-hybridized carbons (Fsp3) is 0.333. The van der Waals surface area contributed by atoms with E-state index in [2.05, 4.69) is 0 Å². The van der Waals surface area contributed by atoms with Crippen molar-refractivity contribution in [2.75, 3.05) is 20.0 Å². The van der Waals surface area contributed by atoms with Crippen molar-refractivity contribution < 1.29 is 9.47 Å². The van der Waals surface area contributed by atoms with E-state index in [1.807, 2.05) is 13.0 Å². The van der Waals surface area contributed by atoms with E-state index in [4.69, 9.17) is 15.2 Å². The molecule has 0 saturated carbocycles. The second-order valence-electron chi connectivity index (χ2n) is 2.54. The van der Waals surface area contributed by atoms with Gasteiger partial charge < -0.3 is 15.2 Å². The molecule has 0 unspecified atom stereocenters. The van der Waals surface area contributed by atoms with Gasteiger partial charge in [-0.15, -0.1) is 0 Å². The Balaban J connectivity index is 3.28. The fourth-order valence-electron chi connectivity index (χ4n) is 1.14. The fourth-order valence-corrected chi connectivity index (χ4v) is 1.14. The van der Waals surface area contributed by atoms with Crippen LogP contribution in [0.25, 0.3) is 0 Å². The molecule has 0 fully saturated rings. The molecule has 0 aromatic heterocycles. The van der Waals surface area contributed by atoms with Gasteiger partial charge in [-0.2, -0.15) is 0 Å². The molecule has 0 amide bonds. The number of hydrogen-bond donors (Lipinski definition) is 1. The van der Waals surface area contributed by atoms with Crippen molar-refractivity contribution in [3.05, 3.63) is 17.7 Å². The standard InChI is InChI=1S/C9H13NO2/c1-6-4-5-7(10)9(12-3)8(6)11-2/h4-5H,10H2,1-3H3. The molecular weight excluding hydrogens is 154 g/mol. The minimum Gasteiger partial charge on any atom is -0.493 e. The van der Waals surface area contributed by atoms with Crippen LogP contribution in [0.1, 0.15) is 5.56 Å². The third-order valence-corrected chi connectivity index (χ3v) is 1.75. The maximum Gasteiger partial charge on any atom is 0.184 e. The molecule has 0 heterocycles. The van der Waals surface area contributed by atoms with E-state index in [0.717, 1.165) is 5.56 Å². The molecule has 1 rings (SSSR count). The number of methoxy groups -OCH3 is 2. The average molecular weight is 167 g/mol. The Hall–Kier alpha value is -1.38. The summed E-state index contributed by atoms with van der Waals surface area (Å²) in [6.45, 7) is 1.95. The summed E-state index contributed by atoms with van der Waals surface area (Å²) in [6.07, 6.45) is 0. The molecule has 0 bridgehead atoms. The third kappa shape index (κ3) is 1.30. The Bertz CT molecular complexity index is 255. The lowest BCUT2D eigenvalue weighted by molar-refractivity contribution is 0.354. The molecular formula is C9H13NO2. The van der Waals surface area contributed by atoms with Crippen molar-refractivity contribution in [1.82, 2.24) is 0 Å². The molecule has 2 N–H and O–H groups in total. The van der Waals surface area contributed by atoms with Crippen LogP contribution >= 0.6 is 0 Å². The van der Waals surface area contributed by atoms with Gasteiger partial charge in [-0.3, -0.25) is 0 Å². The zero-order chi connectivity index (χ0) is 9.14. The van der Waals surface area contributed by atoms with E-state index in [0.29, 0.717) is 17.2 Å². The molecule has 0 aliphatic heterocycles. The van der Waals surface area contributed by atoms with E-state index in [1.54, 1.807) is 20.3 Å². The predicted molar refractivity (Wildman–Crippen MR) is 48.7 cm³/mol. The summed E-state index contributed by atoms with van der Waals surface area (Å²) in [5, 5.41) is 0. The van der Waals surface area contributed by atoms with Crippen LogP contribution in [0.2, 0.25) is 0 Å². The van der Waals surface area contributed by atoms with Gasteiger partial charge in [0.1, 0.15) is 0 Å². The zero-order valence-electron chi connectivity index (χ0n) is 7.55. The molecule has 0 aliphatic rings. The molecule has 0 aliphatic carbocycles. The van der Waals surface area contributed by atoms with Crippen molar-refractivity contribution in [2.24, 2.45) is 0 Å². The summed E-state index contributed by atoms with van der Waals surface area (Å²) in [7, 11) is 3.18. The Labute approximate surface area is 72.1 Å². The molecule has 12 heavy (non-hydrogen) atoms. The first-order valence-corrected chi connectivity index (χ1v) is 3.67. The van der Waals surface area contributed by atoms with Crippen LogP contribution in [0.4, 0.5) is 5.69 Å². The van der Waals surface area contributed by atoms with E-state index >= 15 is 0 Å². The van der Waals surface area contributed by atoms with Crippen molar-refractivity contribution in [2.45, 2.75) is 6.92 Å². The van der Waals surface area contributed by atoms with Crippen LogP contribution < -0.4 is 15.2 Å². The minimum absolute atomic E-state index is 0.597. The summed E-state index contributed by atoms with van der Waals surface area (Å²) in [4.78, 5) is 0. The van der Waals surface area contributed by atoms with Crippen molar-refractivity contribution in [1.29, 1.82) is 0 Å². The third-order valence-electron chi connectivity index (χ3n) is 1.75. The molecule has 0 radical (unpaired) electrons. The van der Waals surface area contributed by atoms with Gasteiger partial charge in [0.05, 0.1) is 19.9 Å². The first kappa shape index (κ1) is 8.71. The lowest BCUT2D eigenvalue weighted by Crippen LogP contribution is -1.97. The van der Waals surface area contributed by atoms with E-state index in [1.165, 1.54) is 0 Å². The Morgan fingerprint density at radius 3 is 2.08 bits per heavy atom. The highest BCUT2D eigenvalue weighted by Gasteiger charge is 2.09. The summed E-state index contributed by atoms with van der Waals surface area (Å²) >= 11 is 0. The summed E-state index contributed by atoms with van der Waals surface area (Å²) in [6, 6.07) is 3.70. The number of nitrogen functional groups attached to an aromatic ring is 1. The zero-order valence-corrected chi connectivity index (χ0v) is 7.55. The smallest absolute Gasteiger partial charge is 0.184 e. The topological polar surface area (TPSA) is 44.5 Å². The molecule has 0 spiro atoms. The molecule has 0 atom stereocenters. The number of rotatable bonds is 2. The normalized spacial score (nSPS) is 9.58. The number of hydrogen-bond acceptors (Lipinski definition) is 3. The second kappa shape index (κ2) is 3.34. The van der Waals surface area contributed by atoms with Crippen LogP contribution in [0.3, 0.4) is 0 Å².